The topological polar surface area (TPSA) is 66.9 Å². The summed E-state index contributed by atoms with van der Waals surface area (Å²) in [4.78, 5) is 14.6. The normalized spacial score (nSPS) is 17.9. The molecular weight excluding hydrogens is 492 g/mol. The zero-order valence-electron chi connectivity index (χ0n) is 17.6. The summed E-state index contributed by atoms with van der Waals surface area (Å²) in [5, 5.41) is 1.69. The minimum absolute atomic E-state index is 0.107. The van der Waals surface area contributed by atoms with Crippen molar-refractivity contribution in [1.29, 1.82) is 0 Å². The van der Waals surface area contributed by atoms with Crippen molar-refractivity contribution < 1.29 is 17.9 Å². The molecule has 2 aliphatic heterocycles. The van der Waals surface area contributed by atoms with Crippen LogP contribution in [0.3, 0.4) is 0 Å². The molecular formula is C24H23BrN2O4S. The van der Waals surface area contributed by atoms with E-state index in [-0.39, 0.29) is 18.7 Å². The maximum absolute atomic E-state index is 13.5. The van der Waals surface area contributed by atoms with Crippen molar-refractivity contribution in [3.63, 3.8) is 0 Å². The summed E-state index contributed by atoms with van der Waals surface area (Å²) >= 11 is 3.46. The van der Waals surface area contributed by atoms with Crippen molar-refractivity contribution in [1.82, 2.24) is 4.31 Å². The Balaban J connectivity index is 1.40. The molecule has 32 heavy (non-hydrogen) atoms. The standard InChI is InChI=1S/C24H23BrN2O4S/c1-16-6-9-23(21-5-3-2-4-20(16)21)32(29,30)26-12-10-19(11-13-26)27-22-8-7-18(25)14-17(22)15-31-24(27)28/h2-9,14,19H,10-13,15H2,1H3. The van der Waals surface area contributed by atoms with Crippen LogP contribution in [0.5, 0.6) is 0 Å². The molecule has 1 fully saturated rings. The number of ether oxygens (including phenoxy) is 1. The lowest BCUT2D eigenvalue weighted by atomic mass is 10.0. The van der Waals surface area contributed by atoms with Crippen molar-refractivity contribution in [2.45, 2.75) is 37.3 Å². The van der Waals surface area contributed by atoms with Crippen molar-refractivity contribution in [2.75, 3.05) is 18.0 Å². The van der Waals surface area contributed by atoms with E-state index in [1.54, 1.807) is 15.3 Å². The molecule has 8 heteroatoms. The lowest BCUT2D eigenvalue weighted by molar-refractivity contribution is 0.135. The molecule has 5 rings (SSSR count). The van der Waals surface area contributed by atoms with Crippen LogP contribution in [0, 0.1) is 6.92 Å². The highest BCUT2D eigenvalue weighted by molar-refractivity contribution is 9.10. The maximum Gasteiger partial charge on any atom is 0.414 e. The van der Waals surface area contributed by atoms with Gasteiger partial charge in [-0.15, -0.1) is 0 Å². The van der Waals surface area contributed by atoms with Crippen molar-refractivity contribution in [3.8, 4) is 0 Å². The summed E-state index contributed by atoms with van der Waals surface area (Å²) in [6.07, 6.45) is 0.729. The quantitative estimate of drug-likeness (QED) is 0.480. The molecule has 6 nitrogen and oxygen atoms in total. The Morgan fingerprint density at radius 1 is 1.00 bits per heavy atom. The van der Waals surface area contributed by atoms with E-state index < -0.39 is 10.0 Å². The first-order valence-corrected chi connectivity index (χ1v) is 12.8. The number of cyclic esters (lactones) is 1. The van der Waals surface area contributed by atoms with Crippen LogP contribution in [0.1, 0.15) is 24.0 Å². The fourth-order valence-electron chi connectivity index (χ4n) is 4.68. The second-order valence-corrected chi connectivity index (χ2v) is 11.1. The minimum Gasteiger partial charge on any atom is -0.444 e. The van der Waals surface area contributed by atoms with E-state index in [9.17, 15) is 13.2 Å². The summed E-state index contributed by atoms with van der Waals surface area (Å²) < 4.78 is 34.9. The summed E-state index contributed by atoms with van der Waals surface area (Å²) in [7, 11) is -3.65. The van der Waals surface area contributed by atoms with Gasteiger partial charge < -0.3 is 4.74 Å². The Kier molecular flexibility index (Phi) is 5.47. The largest absolute Gasteiger partial charge is 0.444 e. The van der Waals surface area contributed by atoms with Gasteiger partial charge in [0.1, 0.15) is 6.61 Å². The Labute approximate surface area is 196 Å². The summed E-state index contributed by atoms with van der Waals surface area (Å²) in [6.45, 7) is 2.94. The van der Waals surface area contributed by atoms with Crippen LogP contribution < -0.4 is 4.90 Å². The average molecular weight is 515 g/mol. The van der Waals surface area contributed by atoms with E-state index in [4.69, 9.17) is 4.74 Å². The molecule has 0 saturated carbocycles. The van der Waals surface area contributed by atoms with Gasteiger partial charge in [0.2, 0.25) is 10.0 Å². The Morgan fingerprint density at radius 3 is 2.47 bits per heavy atom. The highest BCUT2D eigenvalue weighted by Crippen LogP contribution is 2.35. The second kappa shape index (κ2) is 8.17. The molecule has 0 atom stereocenters. The molecule has 3 aromatic rings. The molecule has 0 spiro atoms. The van der Waals surface area contributed by atoms with Gasteiger partial charge in [0, 0.05) is 34.6 Å². The fraction of sp³-hybridized carbons (Fsp3) is 0.292. The predicted molar refractivity (Wildman–Crippen MR) is 127 cm³/mol. The number of anilines is 1. The number of piperidine rings is 1. The third-order valence-corrected chi connectivity index (χ3v) is 8.81. The number of aryl methyl sites for hydroxylation is 1. The van der Waals surface area contributed by atoms with Crippen LogP contribution in [0.25, 0.3) is 10.8 Å². The number of hydrogen-bond acceptors (Lipinski definition) is 4. The highest BCUT2D eigenvalue weighted by atomic mass is 79.9. The SMILES string of the molecule is Cc1ccc(S(=O)(=O)N2CCC(N3C(=O)OCc4cc(Br)ccc43)CC2)c2ccccc12. The summed E-state index contributed by atoms with van der Waals surface area (Å²) in [6, 6.07) is 16.8. The van der Waals surface area contributed by atoms with Gasteiger partial charge >= 0.3 is 6.09 Å². The third-order valence-electron chi connectivity index (χ3n) is 6.36. The minimum atomic E-state index is -3.65. The second-order valence-electron chi connectivity index (χ2n) is 8.26. The van der Waals surface area contributed by atoms with E-state index in [1.807, 2.05) is 55.5 Å². The van der Waals surface area contributed by atoms with Crippen LogP contribution in [0.15, 0.2) is 64.0 Å². The molecule has 166 valence electrons. The molecule has 2 aliphatic rings. The van der Waals surface area contributed by atoms with Gasteiger partial charge in [0.25, 0.3) is 0 Å². The lowest BCUT2D eigenvalue weighted by Crippen LogP contribution is -2.50. The number of halogens is 1. The Morgan fingerprint density at radius 2 is 1.72 bits per heavy atom. The average Bonchev–Trinajstić information content (AvgIpc) is 2.79. The number of hydrogen-bond donors (Lipinski definition) is 0. The van der Waals surface area contributed by atoms with Gasteiger partial charge in [-0.05, 0) is 55.0 Å². The smallest absolute Gasteiger partial charge is 0.414 e. The molecule has 1 saturated heterocycles. The van der Waals surface area contributed by atoms with Crippen LogP contribution in [0.2, 0.25) is 0 Å². The van der Waals surface area contributed by atoms with E-state index in [2.05, 4.69) is 15.9 Å². The monoisotopic (exact) mass is 514 g/mol. The molecule has 2 heterocycles. The van der Waals surface area contributed by atoms with Crippen LogP contribution >= 0.6 is 15.9 Å². The van der Waals surface area contributed by atoms with Crippen LogP contribution in [-0.2, 0) is 21.4 Å². The number of benzene rings is 3. The lowest BCUT2D eigenvalue weighted by Gasteiger charge is -2.39. The van der Waals surface area contributed by atoms with Crippen molar-refractivity contribution >= 4 is 48.5 Å². The molecule has 1 amide bonds. The first kappa shape index (κ1) is 21.4. The number of sulfonamides is 1. The van der Waals surface area contributed by atoms with Gasteiger partial charge in [-0.3, -0.25) is 4.90 Å². The molecule has 0 bridgehead atoms. The first-order valence-electron chi connectivity index (χ1n) is 10.6. The van der Waals surface area contributed by atoms with E-state index in [0.717, 1.165) is 32.1 Å². The van der Waals surface area contributed by atoms with Gasteiger partial charge in [-0.2, -0.15) is 4.31 Å². The Hall–Kier alpha value is -2.42. The van der Waals surface area contributed by atoms with Crippen LogP contribution in [0.4, 0.5) is 10.5 Å². The number of carbonyl (C=O) groups is 1. The summed E-state index contributed by atoms with van der Waals surface area (Å²) in [5.74, 6) is 0. The molecule has 0 unspecified atom stereocenters. The first-order chi connectivity index (χ1) is 15.4. The number of amides is 1. The van der Waals surface area contributed by atoms with Crippen molar-refractivity contribution in [3.05, 3.63) is 70.2 Å². The Bertz CT molecular complexity index is 1320. The zero-order valence-corrected chi connectivity index (χ0v) is 20.0. The fourth-order valence-corrected chi connectivity index (χ4v) is 6.76. The summed E-state index contributed by atoms with van der Waals surface area (Å²) in [5.41, 5.74) is 2.84. The van der Waals surface area contributed by atoms with Gasteiger partial charge in [-0.1, -0.05) is 46.3 Å². The van der Waals surface area contributed by atoms with Gasteiger partial charge in [-0.25, -0.2) is 13.2 Å². The van der Waals surface area contributed by atoms with E-state index in [1.165, 1.54) is 0 Å². The number of rotatable bonds is 3. The van der Waals surface area contributed by atoms with Crippen LogP contribution in [-0.4, -0.2) is 37.9 Å². The zero-order chi connectivity index (χ0) is 22.5. The van der Waals surface area contributed by atoms with Gasteiger partial charge in [0.05, 0.1) is 10.6 Å². The molecule has 0 aliphatic carbocycles. The number of carbonyl (C=O) groups excluding carboxylic acids is 1. The third kappa shape index (κ3) is 3.60. The molecule has 0 radical (unpaired) electrons. The van der Waals surface area contributed by atoms with Crippen molar-refractivity contribution in [2.24, 2.45) is 0 Å². The molecule has 3 aromatic carbocycles. The predicted octanol–water partition coefficient (Wildman–Crippen LogP) is 5.22. The number of nitrogens with zero attached hydrogens (tertiary/aromatic N) is 2. The maximum atomic E-state index is 13.5. The van der Waals surface area contributed by atoms with E-state index >= 15 is 0 Å². The molecule has 0 aromatic heterocycles. The number of fused-ring (bicyclic) bond motifs is 2. The highest BCUT2D eigenvalue weighted by Gasteiger charge is 2.37. The molecule has 0 N–H and O–H groups in total. The van der Waals surface area contributed by atoms with E-state index in [0.29, 0.717) is 30.8 Å². The van der Waals surface area contributed by atoms with Gasteiger partial charge in [0.15, 0.2) is 0 Å².